The fraction of sp³-hybridized carbons (Fsp3) is 0.344. The summed E-state index contributed by atoms with van der Waals surface area (Å²) in [4.78, 5) is 12.5. The minimum absolute atomic E-state index is 0.375. The zero-order chi connectivity index (χ0) is 24.9. The number of rotatable bonds is 11. The highest BCUT2D eigenvalue weighted by molar-refractivity contribution is 5.91. The van der Waals surface area contributed by atoms with Gasteiger partial charge in [0.25, 0.3) is 0 Å². The lowest BCUT2D eigenvalue weighted by Crippen LogP contribution is -2.08. The topological polar surface area (TPSA) is 35.5 Å². The summed E-state index contributed by atoms with van der Waals surface area (Å²) in [6, 6.07) is 22.9. The van der Waals surface area contributed by atoms with Crippen molar-refractivity contribution in [2.45, 2.75) is 59.3 Å². The molecule has 1 unspecified atom stereocenters. The Balaban J connectivity index is 1.52. The van der Waals surface area contributed by atoms with Gasteiger partial charge in [0, 0.05) is 12.0 Å². The monoisotopic (exact) mass is 468 g/mol. The van der Waals surface area contributed by atoms with Gasteiger partial charge in [0.2, 0.25) is 0 Å². The van der Waals surface area contributed by atoms with Gasteiger partial charge in [0.15, 0.2) is 0 Å². The molecular weight excluding hydrogens is 432 g/mol. The molecule has 0 N–H and O–H groups in total. The highest BCUT2D eigenvalue weighted by Crippen LogP contribution is 2.25. The van der Waals surface area contributed by atoms with Crippen LogP contribution in [-0.2, 0) is 0 Å². The summed E-state index contributed by atoms with van der Waals surface area (Å²) >= 11 is 0. The van der Waals surface area contributed by atoms with Crippen LogP contribution in [0.15, 0.2) is 72.8 Å². The summed E-state index contributed by atoms with van der Waals surface area (Å²) in [6.07, 6.45) is 6.89. The lowest BCUT2D eigenvalue weighted by molar-refractivity contribution is 0.0735. The Bertz CT molecular complexity index is 1100. The SMILES string of the molecule is CCCCCCC#Cc1ccc(C(=O)Oc2ccc(-c3ccc(OCC(C)CC)cc3)cc2)cc1. The smallest absolute Gasteiger partial charge is 0.343 e. The van der Waals surface area contributed by atoms with Crippen molar-refractivity contribution in [1.82, 2.24) is 0 Å². The van der Waals surface area contributed by atoms with Crippen molar-refractivity contribution in [2.75, 3.05) is 6.61 Å². The third kappa shape index (κ3) is 8.65. The fourth-order valence-electron chi connectivity index (χ4n) is 3.48. The van der Waals surface area contributed by atoms with Gasteiger partial charge in [0.05, 0.1) is 12.2 Å². The van der Waals surface area contributed by atoms with E-state index in [1.54, 1.807) is 12.1 Å². The highest BCUT2D eigenvalue weighted by Gasteiger charge is 2.09. The second-order valence-corrected chi connectivity index (χ2v) is 8.95. The largest absolute Gasteiger partial charge is 0.493 e. The van der Waals surface area contributed by atoms with E-state index in [0.717, 1.165) is 48.3 Å². The molecule has 3 aromatic carbocycles. The van der Waals surface area contributed by atoms with E-state index in [1.807, 2.05) is 60.7 Å². The molecule has 1 atom stereocenters. The maximum absolute atomic E-state index is 12.5. The van der Waals surface area contributed by atoms with Gasteiger partial charge in [-0.15, -0.1) is 0 Å². The van der Waals surface area contributed by atoms with Gasteiger partial charge in [-0.25, -0.2) is 4.79 Å². The Morgan fingerprint density at radius 2 is 1.43 bits per heavy atom. The number of unbranched alkanes of at least 4 members (excludes halogenated alkanes) is 4. The normalized spacial score (nSPS) is 11.3. The lowest BCUT2D eigenvalue weighted by Gasteiger charge is -2.11. The second kappa shape index (κ2) is 14.0. The Labute approximate surface area is 210 Å². The van der Waals surface area contributed by atoms with E-state index >= 15 is 0 Å². The van der Waals surface area contributed by atoms with Crippen molar-refractivity contribution >= 4 is 5.97 Å². The molecule has 0 aliphatic heterocycles. The summed E-state index contributed by atoms with van der Waals surface area (Å²) in [5.74, 6) is 7.94. The summed E-state index contributed by atoms with van der Waals surface area (Å²) in [5, 5.41) is 0. The maximum atomic E-state index is 12.5. The van der Waals surface area contributed by atoms with Gasteiger partial charge in [-0.3, -0.25) is 0 Å². The highest BCUT2D eigenvalue weighted by atomic mass is 16.5. The van der Waals surface area contributed by atoms with Gasteiger partial charge in [-0.05, 0) is 72.0 Å². The van der Waals surface area contributed by atoms with Crippen LogP contribution >= 0.6 is 0 Å². The first-order valence-electron chi connectivity index (χ1n) is 12.7. The molecule has 0 aliphatic rings. The summed E-state index contributed by atoms with van der Waals surface area (Å²) in [6.45, 7) is 7.29. The first-order chi connectivity index (χ1) is 17.1. The Kier molecular flexibility index (Phi) is 10.5. The quantitative estimate of drug-likeness (QED) is 0.123. The molecule has 0 spiro atoms. The molecule has 0 radical (unpaired) electrons. The van der Waals surface area contributed by atoms with Gasteiger partial charge in [-0.2, -0.15) is 0 Å². The van der Waals surface area contributed by atoms with Gasteiger partial charge in [0.1, 0.15) is 11.5 Å². The molecule has 3 nitrogen and oxygen atoms in total. The summed E-state index contributed by atoms with van der Waals surface area (Å²) in [5.41, 5.74) is 3.56. The van der Waals surface area contributed by atoms with Crippen LogP contribution in [0.25, 0.3) is 11.1 Å². The Hall–Kier alpha value is -3.51. The number of ether oxygens (including phenoxy) is 2. The van der Waals surface area contributed by atoms with Crippen LogP contribution in [0.5, 0.6) is 11.5 Å². The average molecular weight is 469 g/mol. The molecule has 3 rings (SSSR count). The average Bonchev–Trinajstić information content (AvgIpc) is 2.90. The van der Waals surface area contributed by atoms with E-state index in [4.69, 9.17) is 9.47 Å². The van der Waals surface area contributed by atoms with Crippen LogP contribution in [0.4, 0.5) is 0 Å². The second-order valence-electron chi connectivity index (χ2n) is 8.95. The molecule has 0 heterocycles. The first kappa shape index (κ1) is 26.1. The van der Waals surface area contributed by atoms with Crippen LogP contribution in [0, 0.1) is 17.8 Å². The summed E-state index contributed by atoms with van der Waals surface area (Å²) in [7, 11) is 0. The molecule has 0 amide bonds. The molecule has 0 bridgehead atoms. The third-order valence-corrected chi connectivity index (χ3v) is 5.99. The fourth-order valence-corrected chi connectivity index (χ4v) is 3.48. The molecule has 0 saturated heterocycles. The number of carbonyl (C=O) groups excluding carboxylic acids is 1. The van der Waals surface area contributed by atoms with Crippen molar-refractivity contribution < 1.29 is 14.3 Å². The standard InChI is InChI=1S/C32H36O3/c1-4-6-7-8-9-10-11-26-12-14-29(15-13-26)32(33)35-31-22-18-28(19-23-31)27-16-20-30(21-17-27)34-24-25(3)5-2/h12-23,25H,4-9,24H2,1-3H3. The Morgan fingerprint density at radius 1 is 0.800 bits per heavy atom. The van der Waals surface area contributed by atoms with Crippen molar-refractivity contribution in [3.63, 3.8) is 0 Å². The third-order valence-electron chi connectivity index (χ3n) is 5.99. The zero-order valence-corrected chi connectivity index (χ0v) is 21.2. The number of hydrogen-bond donors (Lipinski definition) is 0. The minimum atomic E-state index is -0.375. The number of esters is 1. The van der Waals surface area contributed by atoms with E-state index < -0.39 is 0 Å². The lowest BCUT2D eigenvalue weighted by atomic mass is 10.1. The van der Waals surface area contributed by atoms with Gasteiger partial charge < -0.3 is 9.47 Å². The van der Waals surface area contributed by atoms with E-state index in [2.05, 4.69) is 32.6 Å². The van der Waals surface area contributed by atoms with Gasteiger partial charge >= 0.3 is 5.97 Å². The molecule has 0 aromatic heterocycles. The Morgan fingerprint density at radius 3 is 2.03 bits per heavy atom. The van der Waals surface area contributed by atoms with Crippen molar-refractivity contribution in [3.05, 3.63) is 83.9 Å². The van der Waals surface area contributed by atoms with E-state index in [9.17, 15) is 4.79 Å². The van der Waals surface area contributed by atoms with Crippen LogP contribution in [0.2, 0.25) is 0 Å². The number of carbonyl (C=O) groups is 1. The van der Waals surface area contributed by atoms with Crippen LogP contribution in [-0.4, -0.2) is 12.6 Å². The maximum Gasteiger partial charge on any atom is 0.343 e. The van der Waals surface area contributed by atoms with Crippen molar-refractivity contribution in [1.29, 1.82) is 0 Å². The van der Waals surface area contributed by atoms with Crippen molar-refractivity contribution in [2.24, 2.45) is 5.92 Å². The van der Waals surface area contributed by atoms with Crippen LogP contribution < -0.4 is 9.47 Å². The predicted molar refractivity (Wildman–Crippen MR) is 144 cm³/mol. The van der Waals surface area contributed by atoms with Gasteiger partial charge in [-0.1, -0.05) is 82.6 Å². The zero-order valence-electron chi connectivity index (χ0n) is 21.2. The minimum Gasteiger partial charge on any atom is -0.493 e. The first-order valence-corrected chi connectivity index (χ1v) is 12.7. The molecule has 182 valence electrons. The molecule has 35 heavy (non-hydrogen) atoms. The van der Waals surface area contributed by atoms with E-state index in [-0.39, 0.29) is 5.97 Å². The van der Waals surface area contributed by atoms with Crippen LogP contribution in [0.3, 0.4) is 0 Å². The molecule has 0 fully saturated rings. The molecular formula is C32H36O3. The van der Waals surface area contributed by atoms with E-state index in [0.29, 0.717) is 17.2 Å². The molecule has 0 saturated carbocycles. The molecule has 0 aliphatic carbocycles. The number of hydrogen-bond acceptors (Lipinski definition) is 3. The molecule has 3 aromatic rings. The van der Waals surface area contributed by atoms with Crippen LogP contribution in [0.1, 0.15) is 75.2 Å². The predicted octanol–water partition coefficient (Wildman–Crippen LogP) is 8.32. The van der Waals surface area contributed by atoms with E-state index in [1.165, 1.54) is 19.3 Å². The summed E-state index contributed by atoms with van der Waals surface area (Å²) < 4.78 is 11.4. The molecule has 3 heteroatoms. The van der Waals surface area contributed by atoms with Crippen molar-refractivity contribution in [3.8, 4) is 34.5 Å². The number of benzene rings is 3.